The molecule has 0 spiro atoms. The molecular weight excluding hydrogens is 316 g/mol. The van der Waals surface area contributed by atoms with E-state index in [9.17, 15) is 25.2 Å². The molecule has 24 heavy (non-hydrogen) atoms. The number of carbonyl (C=O) groups is 1. The summed E-state index contributed by atoms with van der Waals surface area (Å²) >= 11 is 0. The zero-order valence-corrected chi connectivity index (χ0v) is 14.8. The minimum absolute atomic E-state index is 0.281. The second-order valence-electron chi connectivity index (χ2n) is 6.70. The van der Waals surface area contributed by atoms with Crippen LogP contribution in [0.3, 0.4) is 0 Å². The molecule has 1 aliphatic heterocycles. The number of rotatable bonds is 10. The maximum Gasteiger partial charge on any atom is 0.192 e. The van der Waals surface area contributed by atoms with Gasteiger partial charge in [-0.15, -0.1) is 0 Å². The molecule has 0 amide bonds. The van der Waals surface area contributed by atoms with E-state index in [-0.39, 0.29) is 12.5 Å². The highest BCUT2D eigenvalue weighted by atomic mass is 16.7. The molecule has 142 valence electrons. The summed E-state index contributed by atoms with van der Waals surface area (Å²) in [5.74, 6) is -0.693. The van der Waals surface area contributed by atoms with Crippen LogP contribution in [0.1, 0.15) is 59.3 Å². The fourth-order valence-corrected chi connectivity index (χ4v) is 2.74. The van der Waals surface area contributed by atoms with E-state index in [2.05, 4.69) is 6.92 Å². The first-order chi connectivity index (χ1) is 11.3. The average Bonchev–Trinajstić information content (AvgIpc) is 2.54. The molecule has 1 heterocycles. The Bertz CT molecular complexity index is 374. The Morgan fingerprint density at radius 2 is 1.67 bits per heavy atom. The van der Waals surface area contributed by atoms with Gasteiger partial charge in [0.25, 0.3) is 0 Å². The van der Waals surface area contributed by atoms with Crippen molar-refractivity contribution in [2.24, 2.45) is 0 Å². The first-order valence-corrected chi connectivity index (χ1v) is 8.86. The normalized spacial score (nSPS) is 32.1. The average molecular weight is 348 g/mol. The van der Waals surface area contributed by atoms with Gasteiger partial charge < -0.3 is 29.9 Å². The van der Waals surface area contributed by atoms with E-state index in [4.69, 9.17) is 9.47 Å². The third-order valence-electron chi connectivity index (χ3n) is 4.17. The molecule has 1 fully saturated rings. The molecule has 0 aromatic rings. The second-order valence-corrected chi connectivity index (χ2v) is 6.70. The van der Waals surface area contributed by atoms with Crippen molar-refractivity contribution in [3.63, 3.8) is 0 Å². The Morgan fingerprint density at radius 3 is 2.25 bits per heavy atom. The summed E-state index contributed by atoms with van der Waals surface area (Å²) in [7, 11) is 0. The van der Waals surface area contributed by atoms with Crippen molar-refractivity contribution in [3.8, 4) is 0 Å². The smallest absolute Gasteiger partial charge is 0.192 e. The number of Topliss-reactive ketones (excluding diaryl/α,β-unsaturated/α-hetero) is 1. The molecule has 0 radical (unpaired) electrons. The molecule has 7 nitrogen and oxygen atoms in total. The second kappa shape index (κ2) is 10.4. The third kappa shape index (κ3) is 6.06. The Labute approximate surface area is 143 Å². The van der Waals surface area contributed by atoms with Gasteiger partial charge in [-0.3, -0.25) is 4.79 Å². The van der Waals surface area contributed by atoms with Gasteiger partial charge in [0.15, 0.2) is 18.2 Å². The molecule has 0 aromatic carbocycles. The van der Waals surface area contributed by atoms with E-state index < -0.39 is 42.6 Å². The number of aliphatic hydroxyl groups excluding tert-OH is 4. The van der Waals surface area contributed by atoms with Gasteiger partial charge in [0.2, 0.25) is 0 Å². The quantitative estimate of drug-likeness (QED) is 0.425. The predicted molar refractivity (Wildman–Crippen MR) is 87.3 cm³/mol. The monoisotopic (exact) mass is 348 g/mol. The molecule has 0 aromatic heterocycles. The van der Waals surface area contributed by atoms with E-state index >= 15 is 0 Å². The van der Waals surface area contributed by atoms with Crippen molar-refractivity contribution in [2.45, 2.75) is 102 Å². The van der Waals surface area contributed by atoms with Crippen molar-refractivity contribution >= 4 is 5.78 Å². The van der Waals surface area contributed by atoms with E-state index in [1.54, 1.807) is 13.8 Å². The van der Waals surface area contributed by atoms with E-state index in [1.807, 2.05) is 0 Å². The molecule has 0 aliphatic carbocycles. The van der Waals surface area contributed by atoms with Crippen LogP contribution in [0.15, 0.2) is 0 Å². The first kappa shape index (κ1) is 21.5. The predicted octanol–water partition coefficient (Wildman–Crippen LogP) is 0.509. The highest BCUT2D eigenvalue weighted by molar-refractivity contribution is 5.88. The number of unbranched alkanes of at least 4 members (excludes halogenated alkanes) is 4. The third-order valence-corrected chi connectivity index (χ3v) is 4.17. The lowest BCUT2D eigenvalue weighted by atomic mass is 9.92. The molecule has 7 heteroatoms. The first-order valence-electron chi connectivity index (χ1n) is 8.86. The summed E-state index contributed by atoms with van der Waals surface area (Å²) in [6.07, 6.45) is -3.67. The summed E-state index contributed by atoms with van der Waals surface area (Å²) < 4.78 is 10.7. The van der Waals surface area contributed by atoms with Gasteiger partial charge >= 0.3 is 0 Å². The number of carbonyl (C=O) groups excluding carboxylic acids is 1. The van der Waals surface area contributed by atoms with Crippen LogP contribution in [0, 0.1) is 0 Å². The zero-order valence-electron chi connectivity index (χ0n) is 14.8. The minimum atomic E-state index is -1.60. The zero-order chi connectivity index (χ0) is 18.3. The minimum Gasteiger partial charge on any atom is -0.387 e. The number of hydrogen-bond donors (Lipinski definition) is 4. The van der Waals surface area contributed by atoms with Crippen LogP contribution >= 0.6 is 0 Å². The van der Waals surface area contributed by atoms with Gasteiger partial charge in [0.05, 0.1) is 6.10 Å². The van der Waals surface area contributed by atoms with Crippen LogP contribution in [0.5, 0.6) is 0 Å². The van der Waals surface area contributed by atoms with E-state index in [0.717, 1.165) is 25.7 Å². The van der Waals surface area contributed by atoms with Crippen molar-refractivity contribution in [1.29, 1.82) is 0 Å². The van der Waals surface area contributed by atoms with Crippen LogP contribution in [-0.2, 0) is 14.3 Å². The van der Waals surface area contributed by atoms with Gasteiger partial charge in [-0.2, -0.15) is 0 Å². The van der Waals surface area contributed by atoms with Gasteiger partial charge in [-0.25, -0.2) is 0 Å². The van der Waals surface area contributed by atoms with E-state index in [1.165, 1.54) is 0 Å². The number of aliphatic hydroxyl groups is 4. The van der Waals surface area contributed by atoms with Crippen molar-refractivity contribution < 1.29 is 34.7 Å². The van der Waals surface area contributed by atoms with Crippen molar-refractivity contribution in [2.75, 3.05) is 0 Å². The molecular formula is C17H32O7. The van der Waals surface area contributed by atoms with Gasteiger partial charge in [-0.05, 0) is 20.3 Å². The van der Waals surface area contributed by atoms with Gasteiger partial charge in [0.1, 0.15) is 24.4 Å². The molecule has 0 saturated carbocycles. The number of ketones is 1. The summed E-state index contributed by atoms with van der Waals surface area (Å²) in [4.78, 5) is 12.3. The summed E-state index contributed by atoms with van der Waals surface area (Å²) in [6.45, 7) is 5.54. The van der Waals surface area contributed by atoms with Crippen LogP contribution < -0.4 is 0 Å². The highest BCUT2D eigenvalue weighted by Gasteiger charge is 2.48. The van der Waals surface area contributed by atoms with Crippen LogP contribution in [0.25, 0.3) is 0 Å². The molecule has 4 N–H and O–H groups in total. The Kier molecular flexibility index (Phi) is 9.33. The fourth-order valence-electron chi connectivity index (χ4n) is 2.74. The largest absolute Gasteiger partial charge is 0.387 e. The van der Waals surface area contributed by atoms with Crippen molar-refractivity contribution in [1.82, 2.24) is 0 Å². The molecule has 1 rings (SSSR count). The Balaban J connectivity index is 2.59. The maximum atomic E-state index is 12.3. The number of ether oxygens (including phenoxy) is 2. The highest BCUT2D eigenvalue weighted by Crippen LogP contribution is 2.25. The lowest BCUT2D eigenvalue weighted by molar-refractivity contribution is -0.299. The van der Waals surface area contributed by atoms with Gasteiger partial charge in [0, 0.05) is 0 Å². The fraction of sp³-hybridized carbons (Fsp3) is 0.941. The lowest BCUT2D eigenvalue weighted by Crippen LogP contribution is -2.61. The Morgan fingerprint density at radius 1 is 1.04 bits per heavy atom. The molecule has 0 bridgehead atoms. The number of hydrogen-bond acceptors (Lipinski definition) is 7. The van der Waals surface area contributed by atoms with Crippen molar-refractivity contribution in [3.05, 3.63) is 0 Å². The summed E-state index contributed by atoms with van der Waals surface area (Å²) in [5, 5.41) is 39.8. The van der Waals surface area contributed by atoms with Gasteiger partial charge in [-0.1, -0.05) is 39.0 Å². The van der Waals surface area contributed by atoms with E-state index in [0.29, 0.717) is 6.42 Å². The van der Waals surface area contributed by atoms with Crippen LogP contribution in [-0.4, -0.2) is 69.1 Å². The summed E-state index contributed by atoms with van der Waals surface area (Å²) in [6, 6.07) is 0. The maximum absolute atomic E-state index is 12.3. The Hall–Kier alpha value is -0.570. The standard InChI is InChI=1S/C17H32O7/c1-4-5-6-7-8-9-11(18)12(19)16-14(21)13(20)15(22)17(24-16)23-10(2)3/h10-11,13-18,20-22H,4-9H2,1-3H3/t11?,13-,14-,15+,16+,17-/m0/s1. The SMILES string of the molecule is CCCCCCCC(O)C(=O)[C@H]1O[C@H](OC(C)C)[C@H](O)[C@@H](O)[C@@H]1O. The van der Waals surface area contributed by atoms with Crippen LogP contribution in [0.2, 0.25) is 0 Å². The molecule has 1 saturated heterocycles. The topological polar surface area (TPSA) is 116 Å². The molecule has 1 unspecified atom stereocenters. The molecule has 6 atom stereocenters. The summed E-state index contributed by atoms with van der Waals surface area (Å²) in [5.41, 5.74) is 0. The van der Waals surface area contributed by atoms with Crippen LogP contribution in [0.4, 0.5) is 0 Å². The molecule has 1 aliphatic rings. The lowest BCUT2D eigenvalue weighted by Gasteiger charge is -2.40.